The molecular weight excluding hydrogens is 254 g/mol. The number of amides is 1. The average molecular weight is 277 g/mol. The summed E-state index contributed by atoms with van der Waals surface area (Å²) in [5, 5.41) is 14.5. The number of carbonyl (C=O) groups excluding carboxylic acids is 1. The first-order chi connectivity index (χ1) is 9.36. The lowest BCUT2D eigenvalue weighted by molar-refractivity contribution is -0.121. The standard InChI is InChI=1S/C15H23N3O2/c1-11-6-4-5-7-12(11)8-9-13(19)17-10-15(2,3)14(16)18-20/h4-7,20H,8-10H2,1-3H3,(H2,16,18)(H,17,19). The van der Waals surface area contributed by atoms with Crippen LogP contribution in [0.25, 0.3) is 0 Å². The zero-order valence-corrected chi connectivity index (χ0v) is 12.3. The van der Waals surface area contributed by atoms with Crippen molar-refractivity contribution >= 4 is 11.7 Å². The van der Waals surface area contributed by atoms with Gasteiger partial charge in [-0.2, -0.15) is 0 Å². The fraction of sp³-hybridized carbons (Fsp3) is 0.467. The molecule has 0 fully saturated rings. The third kappa shape index (κ3) is 4.57. The molecule has 1 aromatic rings. The van der Waals surface area contributed by atoms with E-state index in [0.717, 1.165) is 0 Å². The molecule has 0 spiro atoms. The number of amidine groups is 1. The van der Waals surface area contributed by atoms with E-state index in [9.17, 15) is 4.79 Å². The Morgan fingerprint density at radius 2 is 2.05 bits per heavy atom. The van der Waals surface area contributed by atoms with Crippen molar-refractivity contribution in [2.24, 2.45) is 16.3 Å². The maximum absolute atomic E-state index is 11.8. The van der Waals surface area contributed by atoms with Crippen LogP contribution in [0, 0.1) is 12.3 Å². The molecule has 0 bridgehead atoms. The van der Waals surface area contributed by atoms with Gasteiger partial charge in [0.2, 0.25) is 5.91 Å². The van der Waals surface area contributed by atoms with E-state index in [-0.39, 0.29) is 11.7 Å². The van der Waals surface area contributed by atoms with E-state index in [1.165, 1.54) is 11.1 Å². The fourth-order valence-electron chi connectivity index (χ4n) is 1.77. The molecule has 0 saturated heterocycles. The highest BCUT2D eigenvalue weighted by Gasteiger charge is 2.24. The Balaban J connectivity index is 2.44. The van der Waals surface area contributed by atoms with E-state index in [2.05, 4.69) is 10.5 Å². The van der Waals surface area contributed by atoms with Crippen molar-refractivity contribution in [3.63, 3.8) is 0 Å². The Kier molecular flexibility index (Phi) is 5.55. The quantitative estimate of drug-likeness (QED) is 0.321. The highest BCUT2D eigenvalue weighted by Crippen LogP contribution is 2.14. The number of hydrogen-bond donors (Lipinski definition) is 3. The van der Waals surface area contributed by atoms with Gasteiger partial charge in [0.15, 0.2) is 0 Å². The van der Waals surface area contributed by atoms with Gasteiger partial charge < -0.3 is 16.3 Å². The largest absolute Gasteiger partial charge is 0.409 e. The molecular formula is C15H23N3O2. The Morgan fingerprint density at radius 1 is 1.40 bits per heavy atom. The molecule has 0 radical (unpaired) electrons. The van der Waals surface area contributed by atoms with Crippen LogP contribution in [0.4, 0.5) is 0 Å². The van der Waals surface area contributed by atoms with Crippen molar-refractivity contribution in [1.29, 1.82) is 0 Å². The summed E-state index contributed by atoms with van der Waals surface area (Å²) >= 11 is 0. The molecule has 0 aliphatic rings. The molecule has 0 atom stereocenters. The summed E-state index contributed by atoms with van der Waals surface area (Å²) in [5.74, 6) is 0.0729. The maximum Gasteiger partial charge on any atom is 0.220 e. The van der Waals surface area contributed by atoms with E-state index in [1.54, 1.807) is 0 Å². The van der Waals surface area contributed by atoms with Gasteiger partial charge in [-0.3, -0.25) is 4.79 Å². The molecule has 1 aromatic carbocycles. The van der Waals surface area contributed by atoms with E-state index in [1.807, 2.05) is 45.0 Å². The zero-order valence-electron chi connectivity index (χ0n) is 12.3. The molecule has 0 unspecified atom stereocenters. The van der Waals surface area contributed by atoms with Gasteiger partial charge in [-0.25, -0.2) is 0 Å². The molecule has 5 nitrogen and oxygen atoms in total. The summed E-state index contributed by atoms with van der Waals surface area (Å²) in [5.41, 5.74) is 7.38. The van der Waals surface area contributed by atoms with Crippen LogP contribution in [0.2, 0.25) is 0 Å². The Bertz CT molecular complexity index is 496. The van der Waals surface area contributed by atoms with Crippen LogP contribution in [0.3, 0.4) is 0 Å². The Hall–Kier alpha value is -2.04. The van der Waals surface area contributed by atoms with Crippen LogP contribution in [0.15, 0.2) is 29.4 Å². The molecule has 0 aromatic heterocycles. The number of aryl methyl sites for hydroxylation is 2. The second kappa shape index (κ2) is 6.93. The number of nitrogens with zero attached hydrogens (tertiary/aromatic N) is 1. The minimum atomic E-state index is -0.562. The summed E-state index contributed by atoms with van der Waals surface area (Å²) in [6.07, 6.45) is 1.14. The van der Waals surface area contributed by atoms with Crippen LogP contribution < -0.4 is 11.1 Å². The van der Waals surface area contributed by atoms with Crippen LogP contribution in [0.5, 0.6) is 0 Å². The van der Waals surface area contributed by atoms with Crippen molar-refractivity contribution < 1.29 is 10.0 Å². The lowest BCUT2D eigenvalue weighted by Crippen LogP contribution is -2.42. The highest BCUT2D eigenvalue weighted by atomic mass is 16.4. The van der Waals surface area contributed by atoms with Gasteiger partial charge in [-0.05, 0) is 24.5 Å². The number of nitrogens with two attached hydrogens (primary N) is 1. The van der Waals surface area contributed by atoms with Gasteiger partial charge in [-0.1, -0.05) is 43.3 Å². The fourth-order valence-corrected chi connectivity index (χ4v) is 1.77. The minimum Gasteiger partial charge on any atom is -0.409 e. The van der Waals surface area contributed by atoms with E-state index < -0.39 is 5.41 Å². The van der Waals surface area contributed by atoms with Crippen molar-refractivity contribution in [3.05, 3.63) is 35.4 Å². The van der Waals surface area contributed by atoms with Crippen molar-refractivity contribution in [3.8, 4) is 0 Å². The molecule has 0 saturated carbocycles. The predicted molar refractivity (Wildman–Crippen MR) is 79.7 cm³/mol. The first kappa shape index (κ1) is 16.0. The van der Waals surface area contributed by atoms with Crippen molar-refractivity contribution in [2.45, 2.75) is 33.6 Å². The minimum absolute atomic E-state index is 0.0351. The van der Waals surface area contributed by atoms with Gasteiger partial charge in [0.1, 0.15) is 5.84 Å². The average Bonchev–Trinajstić information content (AvgIpc) is 2.43. The van der Waals surface area contributed by atoms with E-state index in [0.29, 0.717) is 19.4 Å². The third-order valence-electron chi connectivity index (χ3n) is 3.41. The Labute approximate surface area is 119 Å². The van der Waals surface area contributed by atoms with Crippen LogP contribution >= 0.6 is 0 Å². The van der Waals surface area contributed by atoms with E-state index >= 15 is 0 Å². The van der Waals surface area contributed by atoms with Gasteiger partial charge in [-0.15, -0.1) is 0 Å². The molecule has 4 N–H and O–H groups in total. The number of carbonyl (C=O) groups is 1. The lowest BCUT2D eigenvalue weighted by Gasteiger charge is -2.23. The predicted octanol–water partition coefficient (Wildman–Crippen LogP) is 1.82. The van der Waals surface area contributed by atoms with Crippen LogP contribution in [-0.4, -0.2) is 23.5 Å². The summed E-state index contributed by atoms with van der Waals surface area (Å²) in [6.45, 7) is 6.00. The lowest BCUT2D eigenvalue weighted by atomic mass is 9.92. The van der Waals surface area contributed by atoms with Crippen molar-refractivity contribution in [2.75, 3.05) is 6.54 Å². The SMILES string of the molecule is Cc1ccccc1CCC(=O)NCC(C)(C)/C(N)=N/O. The van der Waals surface area contributed by atoms with Crippen LogP contribution in [-0.2, 0) is 11.2 Å². The second-order valence-corrected chi connectivity index (χ2v) is 5.57. The summed E-state index contributed by atoms with van der Waals surface area (Å²) in [4.78, 5) is 11.8. The molecule has 1 amide bonds. The molecule has 0 aliphatic carbocycles. The second-order valence-electron chi connectivity index (χ2n) is 5.57. The van der Waals surface area contributed by atoms with E-state index in [4.69, 9.17) is 10.9 Å². The smallest absolute Gasteiger partial charge is 0.220 e. The maximum atomic E-state index is 11.8. The summed E-state index contributed by atoms with van der Waals surface area (Å²) < 4.78 is 0. The monoisotopic (exact) mass is 277 g/mol. The molecule has 5 heteroatoms. The van der Waals surface area contributed by atoms with Gasteiger partial charge in [0.25, 0.3) is 0 Å². The molecule has 0 heterocycles. The molecule has 0 aliphatic heterocycles. The van der Waals surface area contributed by atoms with Gasteiger partial charge >= 0.3 is 0 Å². The summed E-state index contributed by atoms with van der Waals surface area (Å²) in [6, 6.07) is 8.03. The number of nitrogens with one attached hydrogen (secondary N) is 1. The first-order valence-corrected chi connectivity index (χ1v) is 6.66. The van der Waals surface area contributed by atoms with Crippen LogP contribution in [0.1, 0.15) is 31.4 Å². The number of rotatable bonds is 6. The molecule has 20 heavy (non-hydrogen) atoms. The van der Waals surface area contributed by atoms with Crippen molar-refractivity contribution in [1.82, 2.24) is 5.32 Å². The molecule has 1 rings (SSSR count). The topological polar surface area (TPSA) is 87.7 Å². The van der Waals surface area contributed by atoms with Gasteiger partial charge in [0, 0.05) is 18.4 Å². The Morgan fingerprint density at radius 3 is 2.65 bits per heavy atom. The van der Waals surface area contributed by atoms with Gasteiger partial charge in [0.05, 0.1) is 0 Å². The third-order valence-corrected chi connectivity index (χ3v) is 3.41. The number of benzene rings is 1. The first-order valence-electron chi connectivity index (χ1n) is 6.66. The number of hydrogen-bond acceptors (Lipinski definition) is 3. The molecule has 110 valence electrons. The number of oxime groups is 1. The normalized spacial score (nSPS) is 12.2. The zero-order chi connectivity index (χ0) is 15.2. The summed E-state index contributed by atoms with van der Waals surface area (Å²) in [7, 11) is 0. The highest BCUT2D eigenvalue weighted by molar-refractivity contribution is 5.86.